The molecule has 0 unspecified atom stereocenters. The van der Waals surface area contributed by atoms with Gasteiger partial charge in [0.2, 0.25) is 0 Å². The van der Waals surface area contributed by atoms with Crippen molar-refractivity contribution >= 4 is 17.1 Å². The van der Waals surface area contributed by atoms with Crippen LogP contribution in [-0.2, 0) is 0 Å². The van der Waals surface area contributed by atoms with Gasteiger partial charge in [-0.1, -0.05) is 0 Å². The largest absolute Gasteiger partial charge is 0.497 e. The molecule has 0 aliphatic rings. The monoisotopic (exact) mass is 300 g/mol. The Bertz CT molecular complexity index is 597. The first-order valence-electron chi connectivity index (χ1n) is 7.57. The van der Waals surface area contributed by atoms with Gasteiger partial charge < -0.3 is 19.7 Å². The van der Waals surface area contributed by atoms with Crippen LogP contribution in [0.3, 0.4) is 0 Å². The van der Waals surface area contributed by atoms with Crippen LogP contribution >= 0.6 is 0 Å². The SMILES string of the molecule is CCNc1ccc(OC)cc1N(CC)c1ccc(OC)cc1. The maximum absolute atomic E-state index is 5.38. The summed E-state index contributed by atoms with van der Waals surface area (Å²) in [5.74, 6) is 1.71. The van der Waals surface area contributed by atoms with Crippen molar-refractivity contribution in [1.82, 2.24) is 0 Å². The summed E-state index contributed by atoms with van der Waals surface area (Å²) >= 11 is 0. The fourth-order valence-electron chi connectivity index (χ4n) is 2.46. The zero-order valence-electron chi connectivity index (χ0n) is 13.7. The van der Waals surface area contributed by atoms with Crippen LogP contribution in [0.1, 0.15) is 13.8 Å². The molecule has 2 rings (SSSR count). The molecule has 0 bridgehead atoms. The van der Waals surface area contributed by atoms with E-state index in [1.54, 1.807) is 14.2 Å². The lowest BCUT2D eigenvalue weighted by molar-refractivity contribution is 0.414. The molecular formula is C18H24N2O2. The van der Waals surface area contributed by atoms with Gasteiger partial charge in [-0.3, -0.25) is 0 Å². The van der Waals surface area contributed by atoms with Crippen LogP contribution in [0.25, 0.3) is 0 Å². The van der Waals surface area contributed by atoms with Crippen molar-refractivity contribution in [2.45, 2.75) is 13.8 Å². The molecular weight excluding hydrogens is 276 g/mol. The zero-order valence-corrected chi connectivity index (χ0v) is 13.7. The highest BCUT2D eigenvalue weighted by Crippen LogP contribution is 2.35. The van der Waals surface area contributed by atoms with E-state index in [2.05, 4.69) is 48.3 Å². The van der Waals surface area contributed by atoms with Crippen molar-refractivity contribution in [3.63, 3.8) is 0 Å². The second-order valence-electron chi connectivity index (χ2n) is 4.86. The molecule has 0 aromatic heterocycles. The first kappa shape index (κ1) is 16.0. The van der Waals surface area contributed by atoms with Crippen molar-refractivity contribution in [1.29, 1.82) is 0 Å². The lowest BCUT2D eigenvalue weighted by Gasteiger charge is -2.26. The van der Waals surface area contributed by atoms with E-state index in [9.17, 15) is 0 Å². The highest BCUT2D eigenvalue weighted by Gasteiger charge is 2.13. The standard InChI is InChI=1S/C18H24N2O2/c1-5-19-17-12-11-16(22-4)13-18(17)20(6-2)14-7-9-15(21-3)10-8-14/h7-13,19H,5-6H2,1-4H3. The Morgan fingerprint density at radius 2 is 1.55 bits per heavy atom. The van der Waals surface area contributed by atoms with Gasteiger partial charge in [-0.25, -0.2) is 0 Å². The average molecular weight is 300 g/mol. The van der Waals surface area contributed by atoms with Gasteiger partial charge in [0.25, 0.3) is 0 Å². The molecule has 0 aliphatic heterocycles. The highest BCUT2D eigenvalue weighted by molar-refractivity contribution is 5.78. The maximum Gasteiger partial charge on any atom is 0.121 e. The van der Waals surface area contributed by atoms with Gasteiger partial charge in [0.05, 0.1) is 25.6 Å². The molecule has 4 heteroatoms. The minimum absolute atomic E-state index is 0.851. The number of nitrogens with one attached hydrogen (secondary N) is 1. The molecule has 1 N–H and O–H groups in total. The lowest BCUT2D eigenvalue weighted by atomic mass is 10.2. The number of nitrogens with zero attached hydrogens (tertiary/aromatic N) is 1. The summed E-state index contributed by atoms with van der Waals surface area (Å²) in [6, 6.07) is 14.2. The molecule has 0 radical (unpaired) electrons. The molecule has 0 atom stereocenters. The zero-order chi connectivity index (χ0) is 15.9. The van der Waals surface area contributed by atoms with Gasteiger partial charge in [-0.05, 0) is 50.2 Å². The molecule has 118 valence electrons. The quantitative estimate of drug-likeness (QED) is 0.827. The minimum atomic E-state index is 0.851. The predicted molar refractivity (Wildman–Crippen MR) is 92.8 cm³/mol. The normalized spacial score (nSPS) is 10.2. The summed E-state index contributed by atoms with van der Waals surface area (Å²) in [5, 5.41) is 3.41. The van der Waals surface area contributed by atoms with Crippen LogP contribution in [-0.4, -0.2) is 27.3 Å². The second kappa shape index (κ2) is 7.59. The maximum atomic E-state index is 5.38. The van der Waals surface area contributed by atoms with Gasteiger partial charge in [-0.2, -0.15) is 0 Å². The summed E-state index contributed by atoms with van der Waals surface area (Å²) in [6.07, 6.45) is 0. The molecule has 4 nitrogen and oxygen atoms in total. The van der Waals surface area contributed by atoms with Crippen molar-refractivity contribution in [2.75, 3.05) is 37.5 Å². The molecule has 22 heavy (non-hydrogen) atoms. The molecule has 0 aliphatic carbocycles. The van der Waals surface area contributed by atoms with E-state index < -0.39 is 0 Å². The first-order chi connectivity index (χ1) is 10.7. The van der Waals surface area contributed by atoms with E-state index in [0.717, 1.165) is 41.7 Å². The number of anilines is 3. The van der Waals surface area contributed by atoms with Crippen molar-refractivity contribution in [3.8, 4) is 11.5 Å². The fourth-order valence-corrected chi connectivity index (χ4v) is 2.46. The molecule has 0 amide bonds. The summed E-state index contributed by atoms with van der Waals surface area (Å²) in [6.45, 7) is 5.97. The first-order valence-corrected chi connectivity index (χ1v) is 7.57. The van der Waals surface area contributed by atoms with Gasteiger partial charge in [0, 0.05) is 24.8 Å². The van der Waals surface area contributed by atoms with Crippen LogP contribution in [0.15, 0.2) is 42.5 Å². The molecule has 0 heterocycles. The fraction of sp³-hybridized carbons (Fsp3) is 0.333. The van der Waals surface area contributed by atoms with Crippen LogP contribution in [0.2, 0.25) is 0 Å². The van der Waals surface area contributed by atoms with Gasteiger partial charge in [0.1, 0.15) is 11.5 Å². The van der Waals surface area contributed by atoms with E-state index in [1.807, 2.05) is 18.2 Å². The third-order valence-electron chi connectivity index (χ3n) is 3.56. The smallest absolute Gasteiger partial charge is 0.121 e. The summed E-state index contributed by atoms with van der Waals surface area (Å²) < 4.78 is 10.6. The number of hydrogen-bond donors (Lipinski definition) is 1. The lowest BCUT2D eigenvalue weighted by Crippen LogP contribution is -2.18. The Hall–Kier alpha value is -2.36. The third kappa shape index (κ3) is 3.45. The van der Waals surface area contributed by atoms with E-state index in [4.69, 9.17) is 9.47 Å². The summed E-state index contributed by atoms with van der Waals surface area (Å²) in [4.78, 5) is 2.25. The third-order valence-corrected chi connectivity index (χ3v) is 3.56. The number of benzene rings is 2. The average Bonchev–Trinajstić information content (AvgIpc) is 2.57. The summed E-state index contributed by atoms with van der Waals surface area (Å²) in [7, 11) is 3.37. The molecule has 0 saturated carbocycles. The molecule has 0 spiro atoms. The van der Waals surface area contributed by atoms with E-state index >= 15 is 0 Å². The Kier molecular flexibility index (Phi) is 5.53. The molecule has 2 aromatic rings. The predicted octanol–water partition coefficient (Wildman–Crippen LogP) is 4.29. The Labute approximate surface area is 132 Å². The van der Waals surface area contributed by atoms with Crippen LogP contribution in [0.4, 0.5) is 17.1 Å². The van der Waals surface area contributed by atoms with Gasteiger partial charge in [-0.15, -0.1) is 0 Å². The Balaban J connectivity index is 2.43. The van der Waals surface area contributed by atoms with Crippen molar-refractivity contribution in [2.24, 2.45) is 0 Å². The molecule has 0 fully saturated rings. The molecule has 0 saturated heterocycles. The molecule has 2 aromatic carbocycles. The Morgan fingerprint density at radius 3 is 2.09 bits per heavy atom. The minimum Gasteiger partial charge on any atom is -0.497 e. The Morgan fingerprint density at radius 1 is 0.909 bits per heavy atom. The van der Waals surface area contributed by atoms with Crippen molar-refractivity contribution < 1.29 is 9.47 Å². The number of rotatable bonds is 7. The highest BCUT2D eigenvalue weighted by atomic mass is 16.5. The number of hydrogen-bond acceptors (Lipinski definition) is 4. The number of ether oxygens (including phenoxy) is 2. The topological polar surface area (TPSA) is 33.7 Å². The van der Waals surface area contributed by atoms with Crippen LogP contribution in [0, 0.1) is 0 Å². The van der Waals surface area contributed by atoms with E-state index in [-0.39, 0.29) is 0 Å². The summed E-state index contributed by atoms with van der Waals surface area (Å²) in [5.41, 5.74) is 3.32. The van der Waals surface area contributed by atoms with Crippen LogP contribution < -0.4 is 19.7 Å². The van der Waals surface area contributed by atoms with E-state index in [0.29, 0.717) is 0 Å². The number of methoxy groups -OCH3 is 2. The van der Waals surface area contributed by atoms with E-state index in [1.165, 1.54) is 0 Å². The second-order valence-corrected chi connectivity index (χ2v) is 4.86. The van der Waals surface area contributed by atoms with Gasteiger partial charge in [0.15, 0.2) is 0 Å². The van der Waals surface area contributed by atoms with Gasteiger partial charge >= 0.3 is 0 Å². The van der Waals surface area contributed by atoms with Crippen molar-refractivity contribution in [3.05, 3.63) is 42.5 Å². The van der Waals surface area contributed by atoms with Crippen LogP contribution in [0.5, 0.6) is 11.5 Å².